The third-order valence-electron chi connectivity index (χ3n) is 3.63. The highest BCUT2D eigenvalue weighted by molar-refractivity contribution is 5.80. The summed E-state index contributed by atoms with van der Waals surface area (Å²) in [6.07, 6.45) is 0. The molecule has 3 rings (SSSR count). The molecule has 0 aliphatic carbocycles. The summed E-state index contributed by atoms with van der Waals surface area (Å²) < 4.78 is 5.17. The van der Waals surface area contributed by atoms with Crippen LogP contribution in [0.4, 0.5) is 5.82 Å². The van der Waals surface area contributed by atoms with Gasteiger partial charge in [-0.3, -0.25) is 0 Å². The van der Waals surface area contributed by atoms with Gasteiger partial charge in [0.25, 0.3) is 0 Å². The number of nitrogen functional groups attached to an aromatic ring is 1. The maximum absolute atomic E-state index is 9.40. The van der Waals surface area contributed by atoms with Crippen LogP contribution in [0.1, 0.15) is 5.56 Å². The van der Waals surface area contributed by atoms with Crippen LogP contribution in [-0.2, 0) is 0 Å². The van der Waals surface area contributed by atoms with Crippen molar-refractivity contribution in [3.63, 3.8) is 0 Å². The molecule has 0 radical (unpaired) electrons. The van der Waals surface area contributed by atoms with Gasteiger partial charge in [0.2, 0.25) is 0 Å². The second-order valence-electron chi connectivity index (χ2n) is 5.02. The second-order valence-corrected chi connectivity index (χ2v) is 5.02. The highest BCUT2D eigenvalue weighted by Gasteiger charge is 2.13. The smallest absolute Gasteiger partial charge is 0.142 e. The Balaban J connectivity index is 2.16. The van der Waals surface area contributed by atoms with E-state index in [0.29, 0.717) is 5.56 Å². The fourth-order valence-electron chi connectivity index (χ4n) is 2.44. The number of nitrogens with zero attached hydrogens (tertiary/aromatic N) is 2. The lowest BCUT2D eigenvalue weighted by Gasteiger charge is -2.10. The SMILES string of the molecule is COc1ccc(-c2cc(-c3ccccc3)c(C#N)c(N)n2)cc1. The minimum absolute atomic E-state index is 0.236. The van der Waals surface area contributed by atoms with Crippen molar-refractivity contribution in [2.45, 2.75) is 0 Å². The first-order valence-corrected chi connectivity index (χ1v) is 7.13. The number of methoxy groups -OCH3 is 1. The highest BCUT2D eigenvalue weighted by atomic mass is 16.5. The zero-order valence-electron chi connectivity index (χ0n) is 12.7. The molecule has 2 N–H and O–H groups in total. The summed E-state index contributed by atoms with van der Waals surface area (Å²) in [6, 6.07) is 21.3. The Kier molecular flexibility index (Phi) is 3.94. The molecule has 0 unspecified atom stereocenters. The van der Waals surface area contributed by atoms with E-state index in [1.54, 1.807) is 7.11 Å². The molecule has 0 saturated heterocycles. The topological polar surface area (TPSA) is 71.9 Å². The zero-order valence-corrected chi connectivity index (χ0v) is 12.7. The van der Waals surface area contributed by atoms with Gasteiger partial charge in [-0.1, -0.05) is 30.3 Å². The van der Waals surface area contributed by atoms with Crippen molar-refractivity contribution in [2.75, 3.05) is 12.8 Å². The van der Waals surface area contributed by atoms with Gasteiger partial charge in [0.1, 0.15) is 23.2 Å². The standard InChI is InChI=1S/C19H15N3O/c1-23-15-9-7-14(8-10-15)18-11-16(13-5-3-2-4-6-13)17(12-20)19(21)22-18/h2-11H,1H3,(H2,21,22). The second kappa shape index (κ2) is 6.20. The zero-order chi connectivity index (χ0) is 16.2. The van der Waals surface area contributed by atoms with Crippen molar-refractivity contribution < 1.29 is 4.74 Å². The van der Waals surface area contributed by atoms with Crippen LogP contribution in [0.5, 0.6) is 5.75 Å². The summed E-state index contributed by atoms with van der Waals surface area (Å²) in [7, 11) is 1.63. The summed E-state index contributed by atoms with van der Waals surface area (Å²) in [4.78, 5) is 4.37. The third-order valence-corrected chi connectivity index (χ3v) is 3.63. The molecule has 4 nitrogen and oxygen atoms in total. The van der Waals surface area contributed by atoms with Gasteiger partial charge in [0.05, 0.1) is 12.8 Å². The minimum atomic E-state index is 0.236. The molecule has 23 heavy (non-hydrogen) atoms. The molecule has 0 saturated carbocycles. The van der Waals surface area contributed by atoms with Gasteiger partial charge in [0.15, 0.2) is 0 Å². The first-order valence-electron chi connectivity index (χ1n) is 7.13. The fourth-order valence-corrected chi connectivity index (χ4v) is 2.44. The van der Waals surface area contributed by atoms with E-state index in [1.807, 2.05) is 60.7 Å². The summed E-state index contributed by atoms with van der Waals surface area (Å²) in [5, 5.41) is 9.40. The maximum atomic E-state index is 9.40. The molecule has 0 fully saturated rings. The Morgan fingerprint density at radius 3 is 2.30 bits per heavy atom. The molecule has 4 heteroatoms. The van der Waals surface area contributed by atoms with Crippen molar-refractivity contribution in [1.82, 2.24) is 4.98 Å². The Bertz CT molecular complexity index is 866. The van der Waals surface area contributed by atoms with Gasteiger partial charge in [0, 0.05) is 11.1 Å². The summed E-state index contributed by atoms with van der Waals surface area (Å²) in [5.41, 5.74) is 9.76. The Labute approximate surface area is 134 Å². The van der Waals surface area contributed by atoms with Crippen LogP contribution in [0.3, 0.4) is 0 Å². The maximum Gasteiger partial charge on any atom is 0.142 e. The summed E-state index contributed by atoms with van der Waals surface area (Å²) in [5.74, 6) is 1.01. The number of anilines is 1. The lowest BCUT2D eigenvalue weighted by atomic mass is 9.98. The number of benzene rings is 2. The Morgan fingerprint density at radius 2 is 1.70 bits per heavy atom. The lowest BCUT2D eigenvalue weighted by molar-refractivity contribution is 0.415. The number of pyridine rings is 1. The molecule has 3 aromatic rings. The number of nitrogens with two attached hydrogens (primary N) is 1. The van der Waals surface area contributed by atoms with Crippen LogP contribution in [0.2, 0.25) is 0 Å². The molecular formula is C19H15N3O. The minimum Gasteiger partial charge on any atom is -0.497 e. The van der Waals surface area contributed by atoms with Crippen LogP contribution in [0.25, 0.3) is 22.4 Å². The molecule has 0 aliphatic rings. The van der Waals surface area contributed by atoms with E-state index in [0.717, 1.165) is 28.1 Å². The average Bonchev–Trinajstić information content (AvgIpc) is 2.62. The first kappa shape index (κ1) is 14.6. The number of nitriles is 1. The van der Waals surface area contributed by atoms with Crippen molar-refractivity contribution in [3.8, 4) is 34.2 Å². The monoisotopic (exact) mass is 301 g/mol. The average molecular weight is 301 g/mol. The quantitative estimate of drug-likeness (QED) is 0.797. The van der Waals surface area contributed by atoms with Crippen LogP contribution < -0.4 is 10.5 Å². The van der Waals surface area contributed by atoms with Gasteiger partial charge in [-0.2, -0.15) is 5.26 Å². The normalized spacial score (nSPS) is 10.1. The number of ether oxygens (including phenoxy) is 1. The molecule has 0 aliphatic heterocycles. The molecule has 0 amide bonds. The van der Waals surface area contributed by atoms with Gasteiger partial charge < -0.3 is 10.5 Å². The molecule has 2 aromatic carbocycles. The number of hydrogen-bond donors (Lipinski definition) is 1. The van der Waals surface area contributed by atoms with E-state index in [-0.39, 0.29) is 5.82 Å². The molecular weight excluding hydrogens is 286 g/mol. The predicted octanol–water partition coefficient (Wildman–Crippen LogP) is 3.88. The number of rotatable bonds is 3. The van der Waals surface area contributed by atoms with E-state index in [2.05, 4.69) is 11.1 Å². The third kappa shape index (κ3) is 2.85. The fraction of sp³-hybridized carbons (Fsp3) is 0.0526. The van der Waals surface area contributed by atoms with Gasteiger partial charge >= 0.3 is 0 Å². The molecule has 0 spiro atoms. The van der Waals surface area contributed by atoms with E-state index in [4.69, 9.17) is 10.5 Å². The molecule has 0 bridgehead atoms. The Morgan fingerprint density at radius 1 is 1.00 bits per heavy atom. The largest absolute Gasteiger partial charge is 0.497 e. The van der Waals surface area contributed by atoms with E-state index >= 15 is 0 Å². The number of aromatic nitrogens is 1. The molecule has 0 atom stereocenters. The van der Waals surface area contributed by atoms with Crippen molar-refractivity contribution in [3.05, 3.63) is 66.2 Å². The van der Waals surface area contributed by atoms with Crippen LogP contribution in [0.15, 0.2) is 60.7 Å². The highest BCUT2D eigenvalue weighted by Crippen LogP contribution is 2.31. The van der Waals surface area contributed by atoms with E-state index in [1.165, 1.54) is 0 Å². The van der Waals surface area contributed by atoms with Gasteiger partial charge in [-0.25, -0.2) is 4.98 Å². The first-order chi connectivity index (χ1) is 11.2. The van der Waals surface area contributed by atoms with Gasteiger partial charge in [-0.05, 0) is 35.9 Å². The van der Waals surface area contributed by atoms with E-state index < -0.39 is 0 Å². The summed E-state index contributed by atoms with van der Waals surface area (Å²) >= 11 is 0. The summed E-state index contributed by atoms with van der Waals surface area (Å²) in [6.45, 7) is 0. The lowest BCUT2D eigenvalue weighted by Crippen LogP contribution is -1.99. The van der Waals surface area contributed by atoms with Crippen LogP contribution in [0, 0.1) is 11.3 Å². The molecule has 112 valence electrons. The van der Waals surface area contributed by atoms with Gasteiger partial charge in [-0.15, -0.1) is 0 Å². The molecule has 1 aromatic heterocycles. The Hall–Kier alpha value is -3.32. The van der Waals surface area contributed by atoms with E-state index in [9.17, 15) is 5.26 Å². The number of hydrogen-bond acceptors (Lipinski definition) is 4. The molecule has 1 heterocycles. The predicted molar refractivity (Wildman–Crippen MR) is 90.8 cm³/mol. The van der Waals surface area contributed by atoms with Crippen molar-refractivity contribution in [2.24, 2.45) is 0 Å². The van der Waals surface area contributed by atoms with Crippen molar-refractivity contribution >= 4 is 5.82 Å². The van der Waals surface area contributed by atoms with Crippen LogP contribution in [-0.4, -0.2) is 12.1 Å². The van der Waals surface area contributed by atoms with Crippen LogP contribution >= 0.6 is 0 Å². The van der Waals surface area contributed by atoms with Crippen molar-refractivity contribution in [1.29, 1.82) is 5.26 Å².